The molecular formula is C22H25F3O. The summed E-state index contributed by atoms with van der Waals surface area (Å²) in [6.45, 7) is 2.53. The average molecular weight is 362 g/mol. The molecule has 2 aromatic carbocycles. The van der Waals surface area contributed by atoms with Crippen LogP contribution in [0.1, 0.15) is 61.6 Å². The fraction of sp³-hybridized carbons (Fsp3) is 0.455. The van der Waals surface area contributed by atoms with Crippen LogP contribution in [0.3, 0.4) is 0 Å². The van der Waals surface area contributed by atoms with Gasteiger partial charge in [-0.2, -0.15) is 13.2 Å². The number of ether oxygens (including phenoxy) is 1. The maximum Gasteiger partial charge on any atom is 0.416 e. The van der Waals surface area contributed by atoms with E-state index < -0.39 is 11.7 Å². The standard InChI is InChI=1S/C22H25F3O/c1-2-16-3-7-18(8-4-16)19-9-13-21(14-10-19)26-15-17-5-11-20(12-6-17)22(23,24)25/h5-6,9-14,16,18H,2-4,7-8,15H2,1H3/t16-,18-. The SMILES string of the molecule is CC[C@H]1CC[C@H](c2ccc(OCc3ccc(C(F)(F)F)cc3)cc2)CC1. The van der Waals surface area contributed by atoms with Crippen LogP contribution >= 0.6 is 0 Å². The third-order valence-electron chi connectivity index (χ3n) is 5.46. The molecule has 0 N–H and O–H groups in total. The van der Waals surface area contributed by atoms with Crippen molar-refractivity contribution >= 4 is 0 Å². The number of hydrogen-bond acceptors (Lipinski definition) is 1. The zero-order valence-corrected chi connectivity index (χ0v) is 15.1. The van der Waals surface area contributed by atoms with E-state index in [4.69, 9.17) is 4.74 Å². The molecule has 0 saturated heterocycles. The first kappa shape index (κ1) is 18.8. The van der Waals surface area contributed by atoms with E-state index in [1.165, 1.54) is 49.8 Å². The van der Waals surface area contributed by atoms with Crippen molar-refractivity contribution in [2.24, 2.45) is 5.92 Å². The van der Waals surface area contributed by atoms with Crippen LogP contribution in [0, 0.1) is 5.92 Å². The Hall–Kier alpha value is -1.97. The molecule has 0 aliphatic heterocycles. The molecule has 1 nitrogen and oxygen atoms in total. The molecule has 0 unspecified atom stereocenters. The lowest BCUT2D eigenvalue weighted by Crippen LogP contribution is -2.12. The first-order valence-corrected chi connectivity index (χ1v) is 9.34. The summed E-state index contributed by atoms with van der Waals surface area (Å²) in [5, 5.41) is 0. The molecule has 1 saturated carbocycles. The predicted octanol–water partition coefficient (Wildman–Crippen LogP) is 6.97. The summed E-state index contributed by atoms with van der Waals surface area (Å²) in [5.74, 6) is 2.27. The maximum absolute atomic E-state index is 12.6. The molecule has 0 atom stereocenters. The van der Waals surface area contributed by atoms with Crippen LogP contribution in [0.25, 0.3) is 0 Å². The topological polar surface area (TPSA) is 9.23 Å². The summed E-state index contributed by atoms with van der Waals surface area (Å²) in [6.07, 6.45) is 2.12. The van der Waals surface area contributed by atoms with Crippen LogP contribution in [-0.2, 0) is 12.8 Å². The van der Waals surface area contributed by atoms with Crippen LogP contribution in [0.4, 0.5) is 13.2 Å². The van der Waals surface area contributed by atoms with Gasteiger partial charge in [-0.15, -0.1) is 0 Å². The maximum atomic E-state index is 12.6. The summed E-state index contributed by atoms with van der Waals surface area (Å²) in [4.78, 5) is 0. The average Bonchev–Trinajstić information content (AvgIpc) is 2.66. The van der Waals surface area contributed by atoms with Gasteiger partial charge in [-0.25, -0.2) is 0 Å². The molecule has 2 aromatic rings. The summed E-state index contributed by atoms with van der Waals surface area (Å²) in [6, 6.07) is 13.3. The van der Waals surface area contributed by atoms with Crippen molar-refractivity contribution in [1.29, 1.82) is 0 Å². The lowest BCUT2D eigenvalue weighted by atomic mass is 9.78. The third kappa shape index (κ3) is 4.80. The van der Waals surface area contributed by atoms with Crippen LogP contribution in [-0.4, -0.2) is 0 Å². The molecule has 26 heavy (non-hydrogen) atoms. The van der Waals surface area contributed by atoms with Crippen LogP contribution in [0.2, 0.25) is 0 Å². The van der Waals surface area contributed by atoms with Crippen molar-refractivity contribution in [3.63, 3.8) is 0 Å². The molecule has 0 radical (unpaired) electrons. The summed E-state index contributed by atoms with van der Waals surface area (Å²) in [5.41, 5.74) is 1.45. The van der Waals surface area contributed by atoms with Crippen molar-refractivity contribution in [2.45, 2.75) is 57.7 Å². The van der Waals surface area contributed by atoms with E-state index in [1.54, 1.807) is 0 Å². The number of halogens is 3. The van der Waals surface area contributed by atoms with Gasteiger partial charge in [-0.05, 0) is 72.9 Å². The Bertz CT molecular complexity index is 681. The van der Waals surface area contributed by atoms with Crippen LogP contribution in [0.5, 0.6) is 5.75 Å². The smallest absolute Gasteiger partial charge is 0.416 e. The lowest BCUT2D eigenvalue weighted by Gasteiger charge is -2.28. The molecule has 3 rings (SSSR count). The lowest BCUT2D eigenvalue weighted by molar-refractivity contribution is -0.137. The van der Waals surface area contributed by atoms with Gasteiger partial charge < -0.3 is 4.74 Å². The second-order valence-corrected chi connectivity index (χ2v) is 7.18. The van der Waals surface area contributed by atoms with Crippen molar-refractivity contribution < 1.29 is 17.9 Å². The highest BCUT2D eigenvalue weighted by Crippen LogP contribution is 2.37. The Balaban J connectivity index is 1.53. The van der Waals surface area contributed by atoms with Gasteiger partial charge >= 0.3 is 6.18 Å². The highest BCUT2D eigenvalue weighted by Gasteiger charge is 2.29. The van der Waals surface area contributed by atoms with E-state index in [-0.39, 0.29) is 6.61 Å². The Morgan fingerprint density at radius 3 is 2.04 bits per heavy atom. The van der Waals surface area contributed by atoms with Gasteiger partial charge in [0.25, 0.3) is 0 Å². The van der Waals surface area contributed by atoms with Gasteiger partial charge in [0.15, 0.2) is 0 Å². The molecule has 0 spiro atoms. The summed E-state index contributed by atoms with van der Waals surface area (Å²) < 4.78 is 43.4. The predicted molar refractivity (Wildman–Crippen MR) is 97.2 cm³/mol. The van der Waals surface area contributed by atoms with E-state index in [0.29, 0.717) is 5.92 Å². The fourth-order valence-corrected chi connectivity index (χ4v) is 3.70. The highest BCUT2D eigenvalue weighted by molar-refractivity contribution is 5.30. The molecule has 1 fully saturated rings. The Morgan fingerprint density at radius 2 is 1.50 bits per heavy atom. The Labute approximate surface area is 153 Å². The number of benzene rings is 2. The zero-order valence-electron chi connectivity index (χ0n) is 15.1. The van der Waals surface area contributed by atoms with Gasteiger partial charge in [0.1, 0.15) is 12.4 Å². The first-order chi connectivity index (χ1) is 12.5. The minimum atomic E-state index is -4.30. The Morgan fingerprint density at radius 1 is 0.885 bits per heavy atom. The molecule has 140 valence electrons. The normalized spacial score (nSPS) is 20.8. The quantitative estimate of drug-likeness (QED) is 0.558. The second kappa shape index (κ2) is 8.15. The molecule has 0 amide bonds. The van der Waals surface area contributed by atoms with E-state index in [9.17, 15) is 13.2 Å². The summed E-state index contributed by atoms with van der Waals surface area (Å²) >= 11 is 0. The van der Waals surface area contributed by atoms with Gasteiger partial charge in [0, 0.05) is 0 Å². The number of alkyl halides is 3. The minimum Gasteiger partial charge on any atom is -0.489 e. The largest absolute Gasteiger partial charge is 0.489 e. The fourth-order valence-electron chi connectivity index (χ4n) is 3.70. The highest BCUT2D eigenvalue weighted by atomic mass is 19.4. The Kier molecular flexibility index (Phi) is 5.90. The molecule has 4 heteroatoms. The van der Waals surface area contributed by atoms with Crippen molar-refractivity contribution in [3.05, 3.63) is 65.2 Å². The van der Waals surface area contributed by atoms with Gasteiger partial charge in [0.05, 0.1) is 5.56 Å². The van der Waals surface area contributed by atoms with Crippen molar-refractivity contribution in [3.8, 4) is 5.75 Å². The number of hydrogen-bond donors (Lipinski definition) is 0. The van der Waals surface area contributed by atoms with Crippen molar-refractivity contribution in [1.82, 2.24) is 0 Å². The summed E-state index contributed by atoms with van der Waals surface area (Å²) in [7, 11) is 0. The van der Waals surface area contributed by atoms with E-state index >= 15 is 0 Å². The second-order valence-electron chi connectivity index (χ2n) is 7.18. The number of rotatable bonds is 5. The molecule has 1 aliphatic carbocycles. The first-order valence-electron chi connectivity index (χ1n) is 9.34. The molecule has 0 heterocycles. The monoisotopic (exact) mass is 362 g/mol. The van der Waals surface area contributed by atoms with Gasteiger partial charge in [-0.3, -0.25) is 0 Å². The third-order valence-corrected chi connectivity index (χ3v) is 5.46. The zero-order chi connectivity index (χ0) is 18.6. The van der Waals surface area contributed by atoms with Crippen LogP contribution in [0.15, 0.2) is 48.5 Å². The minimum absolute atomic E-state index is 0.263. The molecule has 0 aromatic heterocycles. The molecular weight excluding hydrogens is 337 g/mol. The van der Waals surface area contributed by atoms with Crippen LogP contribution < -0.4 is 4.74 Å². The van der Waals surface area contributed by atoms with Gasteiger partial charge in [0.2, 0.25) is 0 Å². The van der Waals surface area contributed by atoms with Gasteiger partial charge in [-0.1, -0.05) is 37.6 Å². The van der Waals surface area contributed by atoms with E-state index in [0.717, 1.165) is 29.4 Å². The van der Waals surface area contributed by atoms with Crippen molar-refractivity contribution in [2.75, 3.05) is 0 Å². The van der Waals surface area contributed by atoms with E-state index in [2.05, 4.69) is 19.1 Å². The molecule has 1 aliphatic rings. The van der Waals surface area contributed by atoms with E-state index in [1.807, 2.05) is 12.1 Å². The molecule has 0 bridgehead atoms.